The molecule has 3 heterocycles. The minimum Gasteiger partial charge on any atom is -0.462 e. The summed E-state index contributed by atoms with van der Waals surface area (Å²) in [6.07, 6.45) is 0.934. The Bertz CT molecular complexity index is 1270. The Morgan fingerprint density at radius 1 is 1.21 bits per heavy atom. The average molecular weight is 526 g/mol. The van der Waals surface area contributed by atoms with E-state index in [4.69, 9.17) is 16.3 Å². The van der Waals surface area contributed by atoms with Crippen molar-refractivity contribution in [1.82, 2.24) is 9.29 Å². The van der Waals surface area contributed by atoms with Crippen molar-refractivity contribution in [2.75, 3.05) is 18.5 Å². The number of amides is 1. The van der Waals surface area contributed by atoms with E-state index in [1.54, 1.807) is 19.1 Å². The summed E-state index contributed by atoms with van der Waals surface area (Å²) in [7, 11) is -3.86. The van der Waals surface area contributed by atoms with Crippen molar-refractivity contribution in [1.29, 1.82) is 0 Å². The van der Waals surface area contributed by atoms with Gasteiger partial charge < -0.3 is 10.1 Å². The highest BCUT2D eigenvalue weighted by molar-refractivity contribution is 7.91. The number of thiophene rings is 1. The number of nitrogens with zero attached hydrogens (tertiary/aromatic N) is 2. The van der Waals surface area contributed by atoms with Gasteiger partial charge in [0.15, 0.2) is 5.13 Å². The van der Waals surface area contributed by atoms with Gasteiger partial charge >= 0.3 is 5.97 Å². The molecule has 0 spiro atoms. The van der Waals surface area contributed by atoms with Crippen molar-refractivity contribution < 1.29 is 22.7 Å². The predicted octanol–water partition coefficient (Wildman–Crippen LogP) is 4.49. The quantitative estimate of drug-likeness (QED) is 0.455. The van der Waals surface area contributed by atoms with Crippen molar-refractivity contribution in [3.63, 3.8) is 0 Å². The number of sulfonamides is 1. The number of nitrogens with one attached hydrogen (secondary N) is 1. The molecule has 1 atom stereocenters. The minimum atomic E-state index is -3.86. The van der Waals surface area contributed by atoms with Gasteiger partial charge in [0.25, 0.3) is 10.0 Å². The number of hydrogen-bond acceptors (Lipinski definition) is 8. The SMILES string of the molecule is CCOC(=O)c1sc(NC(=O)[C@H]2CCCN2S(=O)(=O)c2ccc(Cl)s2)nc1-c1ccccc1. The fourth-order valence-corrected chi connectivity index (χ4v) is 7.68. The Labute approximate surface area is 204 Å². The van der Waals surface area contributed by atoms with Crippen LogP contribution in [0, 0.1) is 0 Å². The molecule has 12 heteroatoms. The zero-order valence-electron chi connectivity index (χ0n) is 17.5. The zero-order valence-corrected chi connectivity index (χ0v) is 20.7. The van der Waals surface area contributed by atoms with E-state index in [0.29, 0.717) is 28.4 Å². The van der Waals surface area contributed by atoms with Crippen molar-refractivity contribution in [3.8, 4) is 11.3 Å². The first-order chi connectivity index (χ1) is 15.8. The number of carbonyl (C=O) groups excluding carboxylic acids is 2. The first kappa shape index (κ1) is 23.8. The maximum Gasteiger partial charge on any atom is 0.350 e. The number of ether oxygens (including phenoxy) is 1. The fourth-order valence-electron chi connectivity index (χ4n) is 3.53. The smallest absolute Gasteiger partial charge is 0.350 e. The normalized spacial score (nSPS) is 16.6. The highest BCUT2D eigenvalue weighted by Gasteiger charge is 2.40. The summed E-state index contributed by atoms with van der Waals surface area (Å²) in [5, 5.41) is 2.90. The Kier molecular flexibility index (Phi) is 7.15. The maximum absolute atomic E-state index is 13.1. The van der Waals surface area contributed by atoms with Crippen molar-refractivity contribution in [2.24, 2.45) is 0 Å². The lowest BCUT2D eigenvalue weighted by Gasteiger charge is -2.22. The summed E-state index contributed by atoms with van der Waals surface area (Å²) in [6, 6.07) is 11.2. The molecular formula is C21H20ClN3O5S3. The molecule has 1 saturated heterocycles. The van der Waals surface area contributed by atoms with Crippen LogP contribution in [0.5, 0.6) is 0 Å². The molecule has 1 N–H and O–H groups in total. The number of carbonyl (C=O) groups is 2. The first-order valence-electron chi connectivity index (χ1n) is 10.1. The van der Waals surface area contributed by atoms with Crippen molar-refractivity contribution in [2.45, 2.75) is 30.0 Å². The summed E-state index contributed by atoms with van der Waals surface area (Å²) < 4.78 is 32.9. The Hall–Kier alpha value is -2.31. The number of esters is 1. The van der Waals surface area contributed by atoms with Gasteiger partial charge in [-0.25, -0.2) is 18.2 Å². The van der Waals surface area contributed by atoms with Gasteiger partial charge in [0.2, 0.25) is 5.91 Å². The van der Waals surface area contributed by atoms with Crippen LogP contribution in [0.25, 0.3) is 11.3 Å². The lowest BCUT2D eigenvalue weighted by atomic mass is 10.1. The molecule has 0 bridgehead atoms. The molecule has 0 unspecified atom stereocenters. The average Bonchev–Trinajstić information content (AvgIpc) is 3.54. The molecule has 3 aromatic rings. The van der Waals surface area contributed by atoms with Crippen LogP contribution in [0.15, 0.2) is 46.7 Å². The summed E-state index contributed by atoms with van der Waals surface area (Å²) in [6.45, 7) is 2.14. The summed E-state index contributed by atoms with van der Waals surface area (Å²) in [5.74, 6) is -1.03. The van der Waals surface area contributed by atoms with Gasteiger partial charge in [0, 0.05) is 12.1 Å². The highest BCUT2D eigenvalue weighted by Crippen LogP contribution is 2.34. The van der Waals surface area contributed by atoms with Crippen LogP contribution >= 0.6 is 34.3 Å². The predicted molar refractivity (Wildman–Crippen MR) is 128 cm³/mol. The van der Waals surface area contributed by atoms with Gasteiger partial charge in [-0.3, -0.25) is 4.79 Å². The molecule has 1 amide bonds. The van der Waals surface area contributed by atoms with E-state index in [1.165, 1.54) is 16.4 Å². The monoisotopic (exact) mass is 525 g/mol. The summed E-state index contributed by atoms with van der Waals surface area (Å²) in [4.78, 5) is 30.3. The molecule has 4 rings (SSSR count). The number of thiazole rings is 1. The van der Waals surface area contributed by atoms with E-state index in [2.05, 4.69) is 10.3 Å². The van der Waals surface area contributed by atoms with Crippen LogP contribution in [0.1, 0.15) is 29.4 Å². The van der Waals surface area contributed by atoms with Gasteiger partial charge in [-0.1, -0.05) is 53.3 Å². The molecule has 0 aliphatic carbocycles. The highest BCUT2D eigenvalue weighted by atomic mass is 35.5. The number of halogens is 1. The third-order valence-corrected chi connectivity index (χ3v) is 9.54. The molecule has 0 radical (unpaired) electrons. The maximum atomic E-state index is 13.1. The van der Waals surface area contributed by atoms with Gasteiger partial charge in [0.1, 0.15) is 15.1 Å². The molecule has 1 aliphatic rings. The van der Waals surface area contributed by atoms with Crippen molar-refractivity contribution >= 4 is 61.3 Å². The second-order valence-corrected chi connectivity index (χ2v) is 11.9. The lowest BCUT2D eigenvalue weighted by molar-refractivity contribution is -0.119. The second-order valence-electron chi connectivity index (χ2n) is 7.10. The van der Waals surface area contributed by atoms with E-state index in [9.17, 15) is 18.0 Å². The Morgan fingerprint density at radius 3 is 2.64 bits per heavy atom. The van der Waals surface area contributed by atoms with E-state index in [1.807, 2.05) is 18.2 Å². The van der Waals surface area contributed by atoms with Crippen molar-refractivity contribution in [3.05, 3.63) is 51.7 Å². The summed E-state index contributed by atoms with van der Waals surface area (Å²) >= 11 is 7.86. The van der Waals surface area contributed by atoms with Gasteiger partial charge in [0.05, 0.1) is 16.6 Å². The standard InChI is InChI=1S/C21H20ClN3O5S3/c1-2-30-20(27)18-17(13-7-4-3-5-8-13)23-21(32-18)24-19(26)14-9-6-12-25(14)33(28,29)16-11-10-15(22)31-16/h3-5,7-8,10-11,14H,2,6,9,12H2,1H3,(H,23,24,26)/t14-/m1/s1. The topological polar surface area (TPSA) is 106 Å². The van der Waals surface area contributed by atoms with Crippen LogP contribution in [0.4, 0.5) is 5.13 Å². The number of hydrogen-bond donors (Lipinski definition) is 1. The first-order valence-corrected chi connectivity index (χ1v) is 13.6. The molecule has 8 nitrogen and oxygen atoms in total. The lowest BCUT2D eigenvalue weighted by Crippen LogP contribution is -2.42. The zero-order chi connectivity index (χ0) is 23.6. The number of benzene rings is 1. The number of rotatable bonds is 7. The number of anilines is 1. The molecule has 1 fully saturated rings. The fraction of sp³-hybridized carbons (Fsp3) is 0.286. The number of aromatic nitrogens is 1. The molecule has 0 saturated carbocycles. The van der Waals surface area contributed by atoms with Gasteiger partial charge in [-0.2, -0.15) is 4.31 Å². The minimum absolute atomic E-state index is 0.0948. The van der Waals surface area contributed by atoms with E-state index >= 15 is 0 Å². The molecule has 2 aromatic heterocycles. The third kappa shape index (κ3) is 4.97. The summed E-state index contributed by atoms with van der Waals surface area (Å²) in [5.41, 5.74) is 1.11. The van der Waals surface area contributed by atoms with Gasteiger partial charge in [-0.05, 0) is 31.9 Å². The molecule has 1 aromatic carbocycles. The van der Waals surface area contributed by atoms with E-state index in [-0.39, 0.29) is 27.4 Å². The largest absolute Gasteiger partial charge is 0.462 e. The van der Waals surface area contributed by atoms with Crippen LogP contribution < -0.4 is 5.32 Å². The van der Waals surface area contributed by atoms with Crippen LogP contribution in [0.2, 0.25) is 4.34 Å². The molecular weight excluding hydrogens is 506 g/mol. The van der Waals surface area contributed by atoms with E-state index < -0.39 is 27.9 Å². The van der Waals surface area contributed by atoms with Gasteiger partial charge in [-0.15, -0.1) is 11.3 Å². The third-order valence-electron chi connectivity index (χ3n) is 4.98. The molecule has 174 valence electrons. The molecule has 33 heavy (non-hydrogen) atoms. The Morgan fingerprint density at radius 2 is 1.97 bits per heavy atom. The van der Waals surface area contributed by atoms with Crippen LogP contribution in [0.3, 0.4) is 0 Å². The van der Waals surface area contributed by atoms with E-state index in [0.717, 1.165) is 22.7 Å². The van der Waals surface area contributed by atoms with Crippen LogP contribution in [-0.4, -0.2) is 48.8 Å². The Balaban J connectivity index is 1.59. The second kappa shape index (κ2) is 9.90. The molecule has 1 aliphatic heterocycles. The van der Waals surface area contributed by atoms with Crippen LogP contribution in [-0.2, 0) is 19.6 Å².